The van der Waals surface area contributed by atoms with E-state index in [1.807, 2.05) is 0 Å². The summed E-state index contributed by atoms with van der Waals surface area (Å²) in [6, 6.07) is 0. The van der Waals surface area contributed by atoms with Crippen LogP contribution in [0.25, 0.3) is 0 Å². The fraction of sp³-hybridized carbons (Fsp3) is 1.00. The van der Waals surface area contributed by atoms with Gasteiger partial charge in [-0.1, -0.05) is 71.1 Å². The Morgan fingerprint density at radius 1 is 0.810 bits per heavy atom. The lowest BCUT2D eigenvalue weighted by molar-refractivity contribution is 0.503. The molecule has 0 aromatic rings. The SMILES string of the molecule is CCCCCCCCCCCCCNCCSS(=O)(=O)O. The molecule has 0 aromatic carbocycles. The molecule has 0 aromatic heterocycles. The van der Waals surface area contributed by atoms with Crippen molar-refractivity contribution in [1.29, 1.82) is 0 Å². The van der Waals surface area contributed by atoms with Crippen LogP contribution in [0.2, 0.25) is 0 Å². The molecule has 0 rings (SSSR count). The molecule has 4 nitrogen and oxygen atoms in total. The van der Waals surface area contributed by atoms with E-state index in [-0.39, 0.29) is 0 Å². The van der Waals surface area contributed by atoms with E-state index in [0.29, 0.717) is 23.1 Å². The fourth-order valence-corrected chi connectivity index (χ4v) is 3.58. The second kappa shape index (κ2) is 15.1. The van der Waals surface area contributed by atoms with E-state index in [2.05, 4.69) is 12.2 Å². The van der Waals surface area contributed by atoms with Gasteiger partial charge in [0, 0.05) is 12.3 Å². The first-order valence-corrected chi connectivity index (χ1v) is 11.3. The molecular formula is C15H33NO3S2. The molecule has 0 atom stereocenters. The number of hydrogen-bond acceptors (Lipinski definition) is 4. The van der Waals surface area contributed by atoms with E-state index < -0.39 is 9.15 Å². The third-order valence-electron chi connectivity index (χ3n) is 3.47. The van der Waals surface area contributed by atoms with Crippen LogP contribution >= 0.6 is 10.8 Å². The van der Waals surface area contributed by atoms with E-state index in [4.69, 9.17) is 4.55 Å². The van der Waals surface area contributed by atoms with Crippen molar-refractivity contribution in [3.05, 3.63) is 0 Å². The standard InChI is InChI=1S/C15H33NO3S2/c1-2-3-4-5-6-7-8-9-10-11-12-13-16-14-15-20-21(17,18)19/h16H,2-15H2,1H3,(H,17,18,19). The highest BCUT2D eigenvalue weighted by Gasteiger charge is 2.03. The first-order valence-electron chi connectivity index (χ1n) is 8.39. The molecule has 0 fully saturated rings. The Hall–Kier alpha value is 0.220. The summed E-state index contributed by atoms with van der Waals surface area (Å²) in [5.74, 6) is 0.400. The maximum absolute atomic E-state index is 10.5. The van der Waals surface area contributed by atoms with Crippen LogP contribution in [0.4, 0.5) is 0 Å². The molecule has 0 bridgehead atoms. The lowest BCUT2D eigenvalue weighted by atomic mass is 10.1. The van der Waals surface area contributed by atoms with Gasteiger partial charge in [0.05, 0.1) is 0 Å². The average Bonchev–Trinajstić information content (AvgIpc) is 2.42. The Morgan fingerprint density at radius 2 is 1.29 bits per heavy atom. The van der Waals surface area contributed by atoms with Gasteiger partial charge in [-0.05, 0) is 23.8 Å². The van der Waals surface area contributed by atoms with Crippen molar-refractivity contribution in [2.45, 2.75) is 77.6 Å². The topological polar surface area (TPSA) is 66.4 Å². The quantitative estimate of drug-likeness (QED) is 0.247. The Kier molecular flexibility index (Phi) is 15.3. The average molecular weight is 340 g/mol. The largest absolute Gasteiger partial charge is 0.319 e. The Labute approximate surface area is 135 Å². The van der Waals surface area contributed by atoms with Gasteiger partial charge in [-0.3, -0.25) is 4.55 Å². The van der Waals surface area contributed by atoms with Crippen LogP contribution in [-0.4, -0.2) is 31.8 Å². The maximum Gasteiger partial charge on any atom is 0.319 e. The van der Waals surface area contributed by atoms with Crippen molar-refractivity contribution in [2.24, 2.45) is 0 Å². The van der Waals surface area contributed by atoms with E-state index in [9.17, 15) is 8.42 Å². The van der Waals surface area contributed by atoms with Crippen molar-refractivity contribution in [3.63, 3.8) is 0 Å². The number of unbranched alkanes of at least 4 members (excludes halogenated alkanes) is 10. The fourth-order valence-electron chi connectivity index (χ4n) is 2.26. The van der Waals surface area contributed by atoms with Gasteiger partial charge in [0.15, 0.2) is 0 Å². The molecular weight excluding hydrogens is 306 g/mol. The molecule has 0 heterocycles. The summed E-state index contributed by atoms with van der Waals surface area (Å²) in [7, 11) is -3.28. The highest BCUT2D eigenvalue weighted by atomic mass is 33.1. The molecule has 0 saturated heterocycles. The van der Waals surface area contributed by atoms with E-state index in [0.717, 1.165) is 13.0 Å². The predicted molar refractivity (Wildman–Crippen MR) is 93.3 cm³/mol. The zero-order valence-corrected chi connectivity index (χ0v) is 15.1. The monoisotopic (exact) mass is 339 g/mol. The highest BCUT2D eigenvalue weighted by molar-refractivity contribution is 8.69. The number of nitrogens with one attached hydrogen (secondary N) is 1. The Morgan fingerprint density at radius 3 is 1.76 bits per heavy atom. The molecule has 0 amide bonds. The van der Waals surface area contributed by atoms with Crippen molar-refractivity contribution in [2.75, 3.05) is 18.8 Å². The molecule has 0 radical (unpaired) electrons. The normalized spacial score (nSPS) is 11.9. The molecule has 0 aliphatic rings. The minimum absolute atomic E-state index is 0.400. The van der Waals surface area contributed by atoms with Crippen LogP contribution in [-0.2, 0) is 9.15 Å². The summed E-state index contributed by atoms with van der Waals surface area (Å²) in [6.45, 7) is 3.81. The maximum atomic E-state index is 10.5. The Balaban J connectivity index is 3.03. The van der Waals surface area contributed by atoms with Gasteiger partial charge in [0.25, 0.3) is 0 Å². The molecule has 21 heavy (non-hydrogen) atoms. The van der Waals surface area contributed by atoms with Crippen LogP contribution in [0.15, 0.2) is 0 Å². The summed E-state index contributed by atoms with van der Waals surface area (Å²) in [6.07, 6.45) is 14.7. The second-order valence-corrected chi connectivity index (χ2v) is 9.01. The van der Waals surface area contributed by atoms with Gasteiger partial charge in [0.2, 0.25) is 0 Å². The lowest BCUT2D eigenvalue weighted by Gasteiger charge is -2.04. The van der Waals surface area contributed by atoms with Crippen molar-refractivity contribution in [3.8, 4) is 0 Å². The van der Waals surface area contributed by atoms with Crippen molar-refractivity contribution in [1.82, 2.24) is 5.32 Å². The van der Waals surface area contributed by atoms with Gasteiger partial charge < -0.3 is 5.32 Å². The highest BCUT2D eigenvalue weighted by Crippen LogP contribution is 2.11. The van der Waals surface area contributed by atoms with Gasteiger partial charge in [-0.25, -0.2) is 0 Å². The van der Waals surface area contributed by atoms with Crippen molar-refractivity contribution < 1.29 is 13.0 Å². The first kappa shape index (κ1) is 21.2. The van der Waals surface area contributed by atoms with E-state index in [1.54, 1.807) is 0 Å². The van der Waals surface area contributed by atoms with Gasteiger partial charge >= 0.3 is 9.15 Å². The molecule has 6 heteroatoms. The van der Waals surface area contributed by atoms with Gasteiger partial charge in [-0.15, -0.1) is 0 Å². The number of rotatable bonds is 16. The molecule has 0 saturated carbocycles. The zero-order chi connectivity index (χ0) is 15.8. The molecule has 0 unspecified atom stereocenters. The summed E-state index contributed by atoms with van der Waals surface area (Å²) in [5.41, 5.74) is 0. The Bertz CT molecular complexity index is 308. The summed E-state index contributed by atoms with van der Waals surface area (Å²) < 4.78 is 29.4. The van der Waals surface area contributed by atoms with Gasteiger partial charge in [-0.2, -0.15) is 8.42 Å². The third kappa shape index (κ3) is 20.2. The molecule has 0 spiro atoms. The third-order valence-corrected chi connectivity index (χ3v) is 5.53. The second-order valence-electron chi connectivity index (χ2n) is 5.54. The van der Waals surface area contributed by atoms with E-state index >= 15 is 0 Å². The number of hydrogen-bond donors (Lipinski definition) is 2. The molecule has 128 valence electrons. The lowest BCUT2D eigenvalue weighted by Crippen LogP contribution is -2.18. The summed E-state index contributed by atoms with van der Waals surface area (Å²) in [5, 5.41) is 3.19. The van der Waals surface area contributed by atoms with Crippen LogP contribution in [0.5, 0.6) is 0 Å². The first-order chi connectivity index (χ1) is 10.1. The van der Waals surface area contributed by atoms with Crippen LogP contribution in [0.1, 0.15) is 77.6 Å². The predicted octanol–water partition coefficient (Wildman–Crippen LogP) is 4.42. The van der Waals surface area contributed by atoms with Crippen LogP contribution in [0, 0.1) is 0 Å². The van der Waals surface area contributed by atoms with Crippen molar-refractivity contribution >= 4 is 19.9 Å². The molecule has 0 aliphatic carbocycles. The van der Waals surface area contributed by atoms with E-state index in [1.165, 1.54) is 64.2 Å². The smallest absolute Gasteiger partial charge is 0.316 e. The molecule has 2 N–H and O–H groups in total. The minimum atomic E-state index is -3.87. The van der Waals surface area contributed by atoms with Crippen LogP contribution < -0.4 is 5.32 Å². The van der Waals surface area contributed by atoms with Crippen LogP contribution in [0.3, 0.4) is 0 Å². The summed E-state index contributed by atoms with van der Waals surface area (Å²) >= 11 is 0. The van der Waals surface area contributed by atoms with Gasteiger partial charge in [0.1, 0.15) is 0 Å². The minimum Gasteiger partial charge on any atom is -0.316 e. The zero-order valence-electron chi connectivity index (χ0n) is 13.5. The molecule has 0 aliphatic heterocycles. The summed E-state index contributed by atoms with van der Waals surface area (Å²) in [4.78, 5) is 0.